The largest absolute Gasteiger partial charge is 0.393 e. The number of nitrogens with zero attached hydrogens (tertiary/aromatic N) is 2. The summed E-state index contributed by atoms with van der Waals surface area (Å²) in [6.07, 6.45) is 5.71. The van der Waals surface area contributed by atoms with Gasteiger partial charge in [-0.05, 0) is 25.8 Å². The third-order valence-corrected chi connectivity index (χ3v) is 4.20. The van der Waals surface area contributed by atoms with Crippen molar-refractivity contribution in [1.82, 2.24) is 9.88 Å². The van der Waals surface area contributed by atoms with Crippen molar-refractivity contribution in [1.29, 1.82) is 0 Å². The molecule has 6 heteroatoms. The van der Waals surface area contributed by atoms with E-state index in [2.05, 4.69) is 10.3 Å². The normalized spacial score (nSPS) is 23.5. The second-order valence-corrected chi connectivity index (χ2v) is 6.09. The maximum Gasteiger partial charge on any atom is 0.240 e. The Morgan fingerprint density at radius 3 is 3.05 bits per heavy atom. The van der Waals surface area contributed by atoms with Crippen LogP contribution in [0.25, 0.3) is 0 Å². The first-order valence-corrected chi connectivity index (χ1v) is 7.59. The summed E-state index contributed by atoms with van der Waals surface area (Å²) in [5.74, 6) is 0.245. The molecule has 1 aromatic rings. The lowest BCUT2D eigenvalue weighted by Crippen LogP contribution is -2.38. The lowest BCUT2D eigenvalue weighted by atomic mass is 9.86. The minimum Gasteiger partial charge on any atom is -0.393 e. The van der Waals surface area contributed by atoms with E-state index in [1.54, 1.807) is 6.20 Å². The number of hydrogen-bond donors (Lipinski definition) is 2. The summed E-state index contributed by atoms with van der Waals surface area (Å²) in [5, 5.41) is 15.2. The number of likely N-dealkylation sites (N-methyl/N-ethyl adjacent to an activating group) is 1. The third kappa shape index (κ3) is 4.56. The molecule has 0 spiro atoms. The fourth-order valence-electron chi connectivity index (χ4n) is 2.56. The molecule has 2 N–H and O–H groups in total. The molecule has 1 fully saturated rings. The predicted molar refractivity (Wildman–Crippen MR) is 76.2 cm³/mol. The Morgan fingerprint density at radius 2 is 2.37 bits per heavy atom. The monoisotopic (exact) mass is 283 g/mol. The van der Waals surface area contributed by atoms with Crippen molar-refractivity contribution in [2.75, 3.05) is 25.5 Å². The van der Waals surface area contributed by atoms with E-state index < -0.39 is 0 Å². The van der Waals surface area contributed by atoms with Crippen molar-refractivity contribution >= 4 is 22.4 Å². The molecule has 19 heavy (non-hydrogen) atoms. The summed E-state index contributed by atoms with van der Waals surface area (Å²) in [6, 6.07) is 0. The summed E-state index contributed by atoms with van der Waals surface area (Å²) < 4.78 is 0. The van der Waals surface area contributed by atoms with Gasteiger partial charge in [-0.25, -0.2) is 4.98 Å². The highest BCUT2D eigenvalue weighted by molar-refractivity contribution is 7.13. The van der Waals surface area contributed by atoms with Crippen LogP contribution in [0.15, 0.2) is 11.6 Å². The van der Waals surface area contributed by atoms with Gasteiger partial charge in [0.05, 0.1) is 12.6 Å². The van der Waals surface area contributed by atoms with Crippen LogP contribution >= 0.6 is 11.3 Å². The van der Waals surface area contributed by atoms with E-state index in [0.29, 0.717) is 17.6 Å². The van der Waals surface area contributed by atoms with Gasteiger partial charge in [0.15, 0.2) is 5.13 Å². The van der Waals surface area contributed by atoms with E-state index in [1.165, 1.54) is 17.8 Å². The van der Waals surface area contributed by atoms with Gasteiger partial charge in [-0.15, -0.1) is 11.3 Å². The van der Waals surface area contributed by atoms with E-state index in [4.69, 9.17) is 0 Å². The minimum absolute atomic E-state index is 0.0530. The van der Waals surface area contributed by atoms with E-state index >= 15 is 0 Å². The number of nitrogens with one attached hydrogen (secondary N) is 1. The number of hydrogen-bond acceptors (Lipinski definition) is 5. The average Bonchev–Trinajstić information content (AvgIpc) is 2.84. The minimum atomic E-state index is -0.210. The van der Waals surface area contributed by atoms with Gasteiger partial charge in [-0.1, -0.05) is 12.8 Å². The highest BCUT2D eigenvalue weighted by Gasteiger charge is 2.24. The number of aliphatic hydroxyl groups excluding tert-OH is 1. The molecule has 2 atom stereocenters. The fraction of sp³-hybridized carbons (Fsp3) is 0.692. The third-order valence-electron chi connectivity index (χ3n) is 3.51. The molecule has 2 rings (SSSR count). The van der Waals surface area contributed by atoms with Crippen molar-refractivity contribution in [2.24, 2.45) is 5.92 Å². The number of carbonyl (C=O) groups is 1. The maximum atomic E-state index is 11.8. The maximum absolute atomic E-state index is 11.8. The van der Waals surface area contributed by atoms with Crippen molar-refractivity contribution in [2.45, 2.75) is 31.8 Å². The van der Waals surface area contributed by atoms with Gasteiger partial charge in [0.25, 0.3) is 0 Å². The van der Waals surface area contributed by atoms with Crippen LogP contribution < -0.4 is 5.32 Å². The number of anilines is 1. The van der Waals surface area contributed by atoms with Crippen molar-refractivity contribution in [3.8, 4) is 0 Å². The molecule has 0 saturated heterocycles. The summed E-state index contributed by atoms with van der Waals surface area (Å²) in [7, 11) is 1.92. The lowest BCUT2D eigenvalue weighted by molar-refractivity contribution is -0.117. The fourth-order valence-corrected chi connectivity index (χ4v) is 3.10. The van der Waals surface area contributed by atoms with Gasteiger partial charge < -0.3 is 10.4 Å². The first kappa shape index (κ1) is 14.4. The molecule has 0 aliphatic heterocycles. The van der Waals surface area contributed by atoms with Gasteiger partial charge in [-0.2, -0.15) is 0 Å². The quantitative estimate of drug-likeness (QED) is 0.861. The molecule has 1 amide bonds. The van der Waals surface area contributed by atoms with Crippen LogP contribution in [0.1, 0.15) is 25.7 Å². The average molecular weight is 283 g/mol. The summed E-state index contributed by atoms with van der Waals surface area (Å²) in [5.41, 5.74) is 0. The standard InChI is InChI=1S/C13H21N3O2S/c1-16(8-10-4-2-3-5-11(10)17)9-12(18)15-13-14-6-7-19-13/h6-7,10-11,17H,2-5,8-9H2,1H3,(H,14,15,18). The van der Waals surface area contributed by atoms with Gasteiger partial charge in [0.1, 0.15) is 0 Å². The molecule has 1 heterocycles. The molecule has 1 aromatic heterocycles. The molecule has 5 nitrogen and oxygen atoms in total. The van der Waals surface area contributed by atoms with Crippen LogP contribution in [-0.4, -0.2) is 47.1 Å². The zero-order chi connectivity index (χ0) is 13.7. The Bertz CT molecular complexity index is 397. The van der Waals surface area contributed by atoms with Crippen molar-refractivity contribution < 1.29 is 9.90 Å². The molecule has 1 aliphatic rings. The number of aliphatic hydroxyl groups is 1. The second-order valence-electron chi connectivity index (χ2n) is 5.19. The summed E-state index contributed by atoms with van der Waals surface area (Å²) >= 11 is 1.41. The summed E-state index contributed by atoms with van der Waals surface area (Å²) in [4.78, 5) is 17.8. The molecule has 0 radical (unpaired) electrons. The smallest absolute Gasteiger partial charge is 0.240 e. The Hall–Kier alpha value is -0.980. The number of amides is 1. The van der Waals surface area contributed by atoms with Crippen LogP contribution in [-0.2, 0) is 4.79 Å². The molecule has 2 unspecified atom stereocenters. The van der Waals surface area contributed by atoms with Crippen LogP contribution in [0, 0.1) is 5.92 Å². The highest BCUT2D eigenvalue weighted by atomic mass is 32.1. The first-order valence-electron chi connectivity index (χ1n) is 6.71. The van der Waals surface area contributed by atoms with Crippen LogP contribution in [0.2, 0.25) is 0 Å². The van der Waals surface area contributed by atoms with Gasteiger partial charge in [0.2, 0.25) is 5.91 Å². The molecule has 106 valence electrons. The zero-order valence-electron chi connectivity index (χ0n) is 11.2. The SMILES string of the molecule is CN(CC(=O)Nc1nccs1)CC1CCCCC1O. The molecule has 0 bridgehead atoms. The topological polar surface area (TPSA) is 65.5 Å². The zero-order valence-corrected chi connectivity index (χ0v) is 12.0. The number of carbonyl (C=O) groups excluding carboxylic acids is 1. The first-order chi connectivity index (χ1) is 9.15. The van der Waals surface area contributed by atoms with Gasteiger partial charge in [-0.3, -0.25) is 9.69 Å². The molecule has 0 aromatic carbocycles. The van der Waals surface area contributed by atoms with Crippen LogP contribution in [0.4, 0.5) is 5.13 Å². The second kappa shape index (κ2) is 6.98. The Kier molecular flexibility index (Phi) is 5.30. The van der Waals surface area contributed by atoms with E-state index in [1.807, 2.05) is 17.3 Å². The van der Waals surface area contributed by atoms with E-state index in [0.717, 1.165) is 25.8 Å². The predicted octanol–water partition coefficient (Wildman–Crippen LogP) is 1.56. The lowest BCUT2D eigenvalue weighted by Gasteiger charge is -2.30. The molecule has 1 saturated carbocycles. The van der Waals surface area contributed by atoms with Crippen LogP contribution in [0.5, 0.6) is 0 Å². The Morgan fingerprint density at radius 1 is 1.58 bits per heavy atom. The van der Waals surface area contributed by atoms with E-state index in [-0.39, 0.29) is 12.0 Å². The number of thiazole rings is 1. The number of rotatable bonds is 5. The van der Waals surface area contributed by atoms with E-state index in [9.17, 15) is 9.90 Å². The van der Waals surface area contributed by atoms with Crippen LogP contribution in [0.3, 0.4) is 0 Å². The number of aromatic nitrogens is 1. The Balaban J connectivity index is 1.74. The van der Waals surface area contributed by atoms with Crippen molar-refractivity contribution in [3.63, 3.8) is 0 Å². The molecule has 1 aliphatic carbocycles. The highest BCUT2D eigenvalue weighted by Crippen LogP contribution is 2.24. The molecular weight excluding hydrogens is 262 g/mol. The molecular formula is C13H21N3O2S. The Labute approximate surface area is 117 Å². The van der Waals surface area contributed by atoms with Gasteiger partial charge >= 0.3 is 0 Å². The van der Waals surface area contributed by atoms with Gasteiger partial charge in [0, 0.05) is 18.1 Å². The summed E-state index contributed by atoms with van der Waals surface area (Å²) in [6.45, 7) is 1.11. The van der Waals surface area contributed by atoms with Crippen molar-refractivity contribution in [3.05, 3.63) is 11.6 Å².